The minimum Gasteiger partial charge on any atom is -0.396 e. The van der Waals surface area contributed by atoms with Crippen molar-refractivity contribution in [2.45, 2.75) is 19.0 Å². The highest BCUT2D eigenvalue weighted by molar-refractivity contribution is 14.0. The molecule has 1 unspecified atom stereocenters. The number of guanidine groups is 1. The lowest BCUT2D eigenvalue weighted by Gasteiger charge is -2.18. The molecule has 154 valence electrons. The minimum absolute atomic E-state index is 0. The van der Waals surface area contributed by atoms with Crippen LogP contribution in [0.25, 0.3) is 0 Å². The number of aliphatic hydroxyl groups is 1. The largest absolute Gasteiger partial charge is 0.396 e. The van der Waals surface area contributed by atoms with Crippen LogP contribution in [0.3, 0.4) is 0 Å². The summed E-state index contributed by atoms with van der Waals surface area (Å²) in [6, 6.07) is 20.3. The molecule has 0 saturated heterocycles. The van der Waals surface area contributed by atoms with Gasteiger partial charge in [-0.3, -0.25) is 9.67 Å². The van der Waals surface area contributed by atoms with Crippen LogP contribution in [0.15, 0.2) is 78.0 Å². The molecule has 1 aromatic heterocycles. The molecule has 3 N–H and O–H groups in total. The van der Waals surface area contributed by atoms with E-state index in [1.165, 1.54) is 5.56 Å². The predicted molar refractivity (Wildman–Crippen MR) is 128 cm³/mol. The average molecular weight is 505 g/mol. The van der Waals surface area contributed by atoms with Crippen LogP contribution in [0.1, 0.15) is 22.6 Å². The van der Waals surface area contributed by atoms with Gasteiger partial charge in [-0.2, -0.15) is 5.10 Å². The fraction of sp³-hybridized carbons (Fsp3) is 0.273. The van der Waals surface area contributed by atoms with E-state index >= 15 is 0 Å². The third-order valence-corrected chi connectivity index (χ3v) is 4.56. The molecule has 6 nitrogen and oxygen atoms in total. The molecule has 29 heavy (non-hydrogen) atoms. The third kappa shape index (κ3) is 7.17. The van der Waals surface area contributed by atoms with Crippen molar-refractivity contribution in [1.29, 1.82) is 0 Å². The maximum Gasteiger partial charge on any atom is 0.191 e. The van der Waals surface area contributed by atoms with Crippen LogP contribution < -0.4 is 10.6 Å². The lowest BCUT2D eigenvalue weighted by atomic mass is 10.0. The lowest BCUT2D eigenvalue weighted by Crippen LogP contribution is -2.39. The smallest absolute Gasteiger partial charge is 0.191 e. The quantitative estimate of drug-likeness (QED) is 0.250. The second kappa shape index (κ2) is 12.2. The Bertz CT molecular complexity index is 867. The van der Waals surface area contributed by atoms with Gasteiger partial charge in [-0.15, -0.1) is 24.0 Å². The summed E-state index contributed by atoms with van der Waals surface area (Å²) in [5.41, 5.74) is 3.41. The summed E-state index contributed by atoms with van der Waals surface area (Å²) in [6.45, 7) is 2.07. The van der Waals surface area contributed by atoms with Gasteiger partial charge in [0.25, 0.3) is 0 Å². The van der Waals surface area contributed by atoms with Gasteiger partial charge in [0.05, 0.1) is 19.3 Å². The second-order valence-corrected chi connectivity index (χ2v) is 6.63. The molecular formula is C22H28IN5O. The molecule has 0 aliphatic carbocycles. The molecule has 0 radical (unpaired) electrons. The highest BCUT2D eigenvalue weighted by atomic mass is 127. The number of rotatable bonds is 8. The standard InChI is InChI=1S/C22H27N5O.HI/c1-23-22(25-14-21(17-28)20-10-6-3-7-11-20)24-12-19-13-26-27(16-19)15-18-8-4-2-5-9-18;/h2-11,13,16,21,28H,12,14-15,17H2,1H3,(H2,23,24,25);1H. The molecule has 0 bridgehead atoms. The van der Waals surface area contributed by atoms with E-state index in [0.717, 1.165) is 17.7 Å². The Kier molecular flexibility index (Phi) is 9.66. The molecule has 7 heteroatoms. The van der Waals surface area contributed by atoms with Crippen LogP contribution in [-0.2, 0) is 13.1 Å². The molecule has 0 fully saturated rings. The van der Waals surface area contributed by atoms with E-state index in [0.29, 0.717) is 19.0 Å². The zero-order chi connectivity index (χ0) is 19.6. The third-order valence-electron chi connectivity index (χ3n) is 4.56. The van der Waals surface area contributed by atoms with Crippen LogP contribution in [0.2, 0.25) is 0 Å². The Morgan fingerprint density at radius 3 is 2.38 bits per heavy atom. The fourth-order valence-corrected chi connectivity index (χ4v) is 2.99. The summed E-state index contributed by atoms with van der Waals surface area (Å²) in [5.74, 6) is 0.721. The summed E-state index contributed by atoms with van der Waals surface area (Å²) in [6.07, 6.45) is 3.90. The van der Waals surface area contributed by atoms with E-state index in [1.807, 2.05) is 65.6 Å². The van der Waals surface area contributed by atoms with Crippen LogP contribution >= 0.6 is 24.0 Å². The highest BCUT2D eigenvalue weighted by Crippen LogP contribution is 2.13. The Hall–Kier alpha value is -2.39. The highest BCUT2D eigenvalue weighted by Gasteiger charge is 2.11. The van der Waals surface area contributed by atoms with E-state index in [2.05, 4.69) is 32.9 Å². The topological polar surface area (TPSA) is 74.5 Å². The van der Waals surface area contributed by atoms with E-state index in [4.69, 9.17) is 0 Å². The molecule has 1 heterocycles. The Morgan fingerprint density at radius 1 is 1.03 bits per heavy atom. The van der Waals surface area contributed by atoms with Gasteiger partial charge in [0.15, 0.2) is 5.96 Å². The molecule has 3 rings (SSSR count). The van der Waals surface area contributed by atoms with Gasteiger partial charge < -0.3 is 15.7 Å². The van der Waals surface area contributed by atoms with Crippen LogP contribution in [0.4, 0.5) is 0 Å². The fourth-order valence-electron chi connectivity index (χ4n) is 2.99. The van der Waals surface area contributed by atoms with E-state index in [9.17, 15) is 5.11 Å². The summed E-state index contributed by atoms with van der Waals surface area (Å²) < 4.78 is 1.93. The Balaban J connectivity index is 0.00000300. The molecule has 0 amide bonds. The first kappa shape index (κ1) is 22.9. The zero-order valence-electron chi connectivity index (χ0n) is 16.5. The number of halogens is 1. The molecule has 2 aromatic carbocycles. The molecule has 0 aliphatic heterocycles. The normalized spacial score (nSPS) is 12.1. The van der Waals surface area contributed by atoms with Crippen molar-refractivity contribution in [2.75, 3.05) is 20.2 Å². The maximum absolute atomic E-state index is 9.69. The zero-order valence-corrected chi connectivity index (χ0v) is 18.9. The van der Waals surface area contributed by atoms with Crippen molar-refractivity contribution in [3.05, 3.63) is 89.7 Å². The summed E-state index contributed by atoms with van der Waals surface area (Å²) in [4.78, 5) is 4.26. The van der Waals surface area contributed by atoms with Crippen molar-refractivity contribution in [1.82, 2.24) is 20.4 Å². The first-order chi connectivity index (χ1) is 13.8. The van der Waals surface area contributed by atoms with Crippen molar-refractivity contribution in [3.8, 4) is 0 Å². The Morgan fingerprint density at radius 2 is 1.72 bits per heavy atom. The van der Waals surface area contributed by atoms with Crippen LogP contribution in [0, 0.1) is 0 Å². The van der Waals surface area contributed by atoms with Gasteiger partial charge in [-0.05, 0) is 11.1 Å². The number of aromatic nitrogens is 2. The molecule has 1 atom stereocenters. The van der Waals surface area contributed by atoms with Gasteiger partial charge >= 0.3 is 0 Å². The van der Waals surface area contributed by atoms with Gasteiger partial charge in [0.1, 0.15) is 0 Å². The molecule has 0 saturated carbocycles. The van der Waals surface area contributed by atoms with Crippen LogP contribution in [-0.4, -0.2) is 41.0 Å². The monoisotopic (exact) mass is 505 g/mol. The number of aliphatic imine (C=N–C) groups is 1. The van der Waals surface area contributed by atoms with Crippen molar-refractivity contribution in [2.24, 2.45) is 4.99 Å². The van der Waals surface area contributed by atoms with Crippen LogP contribution in [0.5, 0.6) is 0 Å². The van der Waals surface area contributed by atoms with Gasteiger partial charge in [-0.25, -0.2) is 0 Å². The predicted octanol–water partition coefficient (Wildman–Crippen LogP) is 2.99. The maximum atomic E-state index is 9.69. The van der Waals surface area contributed by atoms with Crippen molar-refractivity contribution in [3.63, 3.8) is 0 Å². The average Bonchev–Trinajstić information content (AvgIpc) is 3.19. The van der Waals surface area contributed by atoms with Gasteiger partial charge in [0, 0.05) is 37.8 Å². The summed E-state index contributed by atoms with van der Waals surface area (Å²) in [5, 5.41) is 20.7. The van der Waals surface area contributed by atoms with Crippen molar-refractivity contribution < 1.29 is 5.11 Å². The number of nitrogens with zero attached hydrogens (tertiary/aromatic N) is 3. The second-order valence-electron chi connectivity index (χ2n) is 6.63. The lowest BCUT2D eigenvalue weighted by molar-refractivity contribution is 0.265. The number of hydrogen-bond donors (Lipinski definition) is 3. The molecular weight excluding hydrogens is 477 g/mol. The first-order valence-electron chi connectivity index (χ1n) is 9.44. The van der Waals surface area contributed by atoms with E-state index in [-0.39, 0.29) is 36.5 Å². The SMILES string of the molecule is CN=C(NCc1cnn(Cc2ccccc2)c1)NCC(CO)c1ccccc1.I. The number of benzene rings is 2. The van der Waals surface area contributed by atoms with E-state index < -0.39 is 0 Å². The summed E-state index contributed by atoms with van der Waals surface area (Å²) >= 11 is 0. The van der Waals surface area contributed by atoms with Crippen molar-refractivity contribution >= 4 is 29.9 Å². The van der Waals surface area contributed by atoms with E-state index in [1.54, 1.807) is 7.05 Å². The minimum atomic E-state index is 0. The number of aliphatic hydroxyl groups excluding tert-OH is 1. The number of hydrogen-bond acceptors (Lipinski definition) is 3. The van der Waals surface area contributed by atoms with Gasteiger partial charge in [-0.1, -0.05) is 60.7 Å². The number of nitrogens with one attached hydrogen (secondary N) is 2. The summed E-state index contributed by atoms with van der Waals surface area (Å²) in [7, 11) is 1.74. The first-order valence-corrected chi connectivity index (χ1v) is 9.44. The molecule has 0 spiro atoms. The molecule has 3 aromatic rings. The Labute approximate surface area is 189 Å². The molecule has 0 aliphatic rings. The van der Waals surface area contributed by atoms with Gasteiger partial charge in [0.2, 0.25) is 0 Å².